The second-order valence-electron chi connectivity index (χ2n) is 11.5. The Morgan fingerprint density at radius 1 is 0.721 bits per heavy atom. The van der Waals surface area contributed by atoms with Crippen LogP contribution in [0, 0.1) is 0 Å². The van der Waals surface area contributed by atoms with Crippen molar-refractivity contribution in [1.82, 2.24) is 25.8 Å². The van der Waals surface area contributed by atoms with Gasteiger partial charge in [-0.3, -0.25) is 19.7 Å². The Kier molecular flexibility index (Phi) is 8.53. The quantitative estimate of drug-likeness (QED) is 0.240. The van der Waals surface area contributed by atoms with Crippen LogP contribution in [0.3, 0.4) is 0 Å². The average Bonchev–Trinajstić information content (AvgIpc) is 3.68. The van der Waals surface area contributed by atoms with Crippen molar-refractivity contribution >= 4 is 28.6 Å². The number of nitrogens with one attached hydrogen (secondary N) is 4. The van der Waals surface area contributed by atoms with Gasteiger partial charge in [0.25, 0.3) is 0 Å². The molecule has 3 aromatic carbocycles. The molecule has 2 unspecified atom stereocenters. The summed E-state index contributed by atoms with van der Waals surface area (Å²) < 4.78 is 0. The maximum atomic E-state index is 14.1. The highest BCUT2D eigenvalue weighted by Crippen LogP contribution is 2.24. The van der Waals surface area contributed by atoms with E-state index in [4.69, 9.17) is 0 Å². The fourth-order valence-corrected chi connectivity index (χ4v) is 6.31. The molecule has 0 radical (unpaired) electrons. The Bertz CT molecular complexity index is 1570. The summed E-state index contributed by atoms with van der Waals surface area (Å²) in [5.41, 5.74) is 3.62. The van der Waals surface area contributed by atoms with Crippen molar-refractivity contribution in [3.63, 3.8) is 0 Å². The SMILES string of the molecule is O=C1N[C@@H](Cc2ccccc2)C(=O)N2CCCC2C(O)N[C@@H](Cc2ccccc2)C(=O)N[C@H]1Cc1c[nH]c2ccccc12. The van der Waals surface area contributed by atoms with Crippen LogP contribution in [0.4, 0.5) is 0 Å². The smallest absolute Gasteiger partial charge is 0.245 e. The van der Waals surface area contributed by atoms with Crippen LogP contribution in [0.25, 0.3) is 10.9 Å². The zero-order valence-electron chi connectivity index (χ0n) is 23.9. The van der Waals surface area contributed by atoms with Crippen molar-refractivity contribution in [3.8, 4) is 0 Å². The number of amides is 3. The molecule has 3 amide bonds. The number of H-pyrrole nitrogens is 1. The van der Waals surface area contributed by atoms with Crippen LogP contribution in [0.5, 0.6) is 0 Å². The molecule has 43 heavy (non-hydrogen) atoms. The number of aromatic nitrogens is 1. The number of fused-ring (bicyclic) bond motifs is 2. The molecule has 5 N–H and O–H groups in total. The van der Waals surface area contributed by atoms with Crippen molar-refractivity contribution in [2.24, 2.45) is 0 Å². The number of para-hydroxylation sites is 1. The molecule has 0 saturated carbocycles. The first-order chi connectivity index (χ1) is 21.0. The van der Waals surface area contributed by atoms with Crippen LogP contribution >= 0.6 is 0 Å². The molecule has 9 nitrogen and oxygen atoms in total. The second kappa shape index (κ2) is 12.8. The van der Waals surface area contributed by atoms with Gasteiger partial charge in [0.05, 0.1) is 12.1 Å². The molecular formula is C34H37N5O4. The van der Waals surface area contributed by atoms with Gasteiger partial charge in [-0.1, -0.05) is 78.9 Å². The zero-order valence-corrected chi connectivity index (χ0v) is 23.9. The largest absolute Gasteiger partial charge is 0.376 e. The van der Waals surface area contributed by atoms with E-state index in [0.29, 0.717) is 25.8 Å². The molecule has 3 heterocycles. The third-order valence-electron chi connectivity index (χ3n) is 8.55. The summed E-state index contributed by atoms with van der Waals surface area (Å²) in [6, 6.07) is 23.7. The number of aromatic amines is 1. The Morgan fingerprint density at radius 2 is 1.33 bits per heavy atom. The van der Waals surface area contributed by atoms with Crippen molar-refractivity contribution in [2.75, 3.05) is 6.54 Å². The standard InChI is InChI=1S/C34H37N5O4/c40-31-27(18-22-10-3-1-4-11-22)37-33(42)30-16-9-17-39(30)34(43)29(19-23-12-5-2-6-13-23)38-32(41)28(36-31)20-24-21-35-26-15-8-7-14-25(24)26/h1-8,10-15,21,27-30,33,35,37,42H,9,16-20H2,(H,36,40)(H,38,41)/t27-,28-,29-,30?,33?/m0/s1. The Morgan fingerprint density at radius 3 is 2.05 bits per heavy atom. The third-order valence-corrected chi connectivity index (χ3v) is 8.55. The van der Waals surface area contributed by atoms with Crippen LogP contribution in [0.2, 0.25) is 0 Å². The molecule has 2 aliphatic rings. The van der Waals surface area contributed by atoms with Gasteiger partial charge in [-0.05, 0) is 42.0 Å². The number of aliphatic hydroxyl groups excluding tert-OH is 1. The lowest BCUT2D eigenvalue weighted by Crippen LogP contribution is -2.63. The van der Waals surface area contributed by atoms with E-state index in [1.807, 2.05) is 91.1 Å². The highest BCUT2D eigenvalue weighted by atomic mass is 16.3. The molecule has 222 valence electrons. The van der Waals surface area contributed by atoms with E-state index >= 15 is 0 Å². The molecule has 9 heteroatoms. The van der Waals surface area contributed by atoms with E-state index in [0.717, 1.165) is 34.0 Å². The van der Waals surface area contributed by atoms with Crippen LogP contribution in [0.1, 0.15) is 29.5 Å². The number of benzene rings is 3. The zero-order chi connectivity index (χ0) is 29.8. The van der Waals surface area contributed by atoms with Gasteiger partial charge in [-0.15, -0.1) is 0 Å². The number of rotatable bonds is 6. The number of hydrogen-bond donors (Lipinski definition) is 5. The Labute approximate surface area is 250 Å². The summed E-state index contributed by atoms with van der Waals surface area (Å²) >= 11 is 0. The van der Waals surface area contributed by atoms with Gasteiger partial charge in [0.1, 0.15) is 18.3 Å². The van der Waals surface area contributed by atoms with Gasteiger partial charge in [0.15, 0.2) is 0 Å². The van der Waals surface area contributed by atoms with Gasteiger partial charge in [0.2, 0.25) is 17.7 Å². The highest BCUT2D eigenvalue weighted by Gasteiger charge is 2.40. The number of nitrogens with zero attached hydrogens (tertiary/aromatic N) is 1. The predicted octanol–water partition coefficient (Wildman–Crippen LogP) is 2.45. The van der Waals surface area contributed by atoms with Gasteiger partial charge in [-0.2, -0.15) is 0 Å². The number of hydrogen-bond acceptors (Lipinski definition) is 5. The van der Waals surface area contributed by atoms with Gasteiger partial charge in [0, 0.05) is 36.5 Å². The summed E-state index contributed by atoms with van der Waals surface area (Å²) in [4.78, 5) is 46.9. The molecule has 5 atom stereocenters. The molecular weight excluding hydrogens is 542 g/mol. The predicted molar refractivity (Wildman–Crippen MR) is 164 cm³/mol. The minimum Gasteiger partial charge on any atom is -0.376 e. The maximum Gasteiger partial charge on any atom is 0.245 e. The Hall–Kier alpha value is -4.47. The van der Waals surface area contributed by atoms with Crippen molar-refractivity contribution < 1.29 is 19.5 Å². The van der Waals surface area contributed by atoms with E-state index in [1.54, 1.807) is 4.90 Å². The lowest BCUT2D eigenvalue weighted by Gasteiger charge is -2.35. The van der Waals surface area contributed by atoms with Gasteiger partial charge >= 0.3 is 0 Å². The van der Waals surface area contributed by atoms with Gasteiger partial charge < -0.3 is 25.6 Å². The first kappa shape index (κ1) is 28.6. The maximum absolute atomic E-state index is 14.1. The number of aliphatic hydroxyl groups is 1. The first-order valence-electron chi connectivity index (χ1n) is 14.9. The fraction of sp³-hybridized carbons (Fsp3) is 0.324. The second-order valence-corrected chi connectivity index (χ2v) is 11.5. The summed E-state index contributed by atoms with van der Waals surface area (Å²) in [7, 11) is 0. The molecule has 6 rings (SSSR count). The lowest BCUT2D eigenvalue weighted by molar-refractivity contribution is -0.141. The first-order valence-corrected chi connectivity index (χ1v) is 14.9. The van der Waals surface area contributed by atoms with E-state index < -0.39 is 36.3 Å². The average molecular weight is 580 g/mol. The third kappa shape index (κ3) is 6.48. The highest BCUT2D eigenvalue weighted by molar-refractivity contribution is 5.94. The minimum atomic E-state index is -1.12. The molecule has 2 saturated heterocycles. The molecule has 4 aromatic rings. The van der Waals surface area contributed by atoms with Crippen molar-refractivity contribution in [1.29, 1.82) is 0 Å². The van der Waals surface area contributed by atoms with E-state index in [9.17, 15) is 19.5 Å². The normalized spacial score (nSPS) is 25.0. The van der Waals surface area contributed by atoms with Crippen LogP contribution in [-0.2, 0) is 33.6 Å². The molecule has 0 spiro atoms. The summed E-state index contributed by atoms with van der Waals surface area (Å²) in [6.45, 7) is 0.470. The van der Waals surface area contributed by atoms with Crippen molar-refractivity contribution in [2.45, 2.75) is 62.5 Å². The molecule has 2 fully saturated rings. The summed E-state index contributed by atoms with van der Waals surface area (Å²) in [6.07, 6.45) is 2.87. The summed E-state index contributed by atoms with van der Waals surface area (Å²) in [5.74, 6) is -1.06. The summed E-state index contributed by atoms with van der Waals surface area (Å²) in [5, 5.41) is 21.4. The molecule has 2 aliphatic heterocycles. The Balaban J connectivity index is 1.35. The fourth-order valence-electron chi connectivity index (χ4n) is 6.31. The number of carbonyl (C=O) groups excluding carboxylic acids is 3. The van der Waals surface area contributed by atoms with Crippen molar-refractivity contribution in [3.05, 3.63) is 108 Å². The van der Waals surface area contributed by atoms with E-state index in [2.05, 4.69) is 20.9 Å². The lowest BCUT2D eigenvalue weighted by atomic mass is 9.99. The van der Waals surface area contributed by atoms with Crippen LogP contribution < -0.4 is 16.0 Å². The van der Waals surface area contributed by atoms with E-state index in [1.165, 1.54) is 0 Å². The van der Waals surface area contributed by atoms with Crippen LogP contribution in [0.15, 0.2) is 91.1 Å². The monoisotopic (exact) mass is 579 g/mol. The van der Waals surface area contributed by atoms with Crippen LogP contribution in [-0.4, -0.2) is 69.7 Å². The molecule has 0 aliphatic carbocycles. The van der Waals surface area contributed by atoms with Gasteiger partial charge in [-0.25, -0.2) is 0 Å². The number of carbonyl (C=O) groups is 3. The molecule has 0 bridgehead atoms. The van der Waals surface area contributed by atoms with E-state index in [-0.39, 0.29) is 18.2 Å². The topological polar surface area (TPSA) is 127 Å². The minimum absolute atomic E-state index is 0.223. The molecule has 1 aromatic heterocycles.